The molecular weight excluding hydrogens is 250 g/mol. The summed E-state index contributed by atoms with van der Waals surface area (Å²) in [5.74, 6) is 1.95. The van der Waals surface area contributed by atoms with Crippen molar-refractivity contribution in [2.75, 3.05) is 7.11 Å². The lowest BCUT2D eigenvalue weighted by Crippen LogP contribution is -2.36. The summed E-state index contributed by atoms with van der Waals surface area (Å²) in [4.78, 5) is 7.49. The second kappa shape index (κ2) is 5.67. The summed E-state index contributed by atoms with van der Waals surface area (Å²) in [6.07, 6.45) is 7.02. The standard InChI is InChI=1S/C16H21N3O/c1-11(16-17-7-8-18-16)19-14-5-3-12-4-6-15(20-2)10-13(12)9-14/h4,6-8,10-11,14,19H,3,5,9H2,1-2H3,(H,17,18). The number of nitrogens with one attached hydrogen (secondary N) is 2. The Morgan fingerprint density at radius 2 is 2.30 bits per heavy atom. The molecule has 1 aliphatic carbocycles. The van der Waals surface area contributed by atoms with Gasteiger partial charge in [0.2, 0.25) is 0 Å². The van der Waals surface area contributed by atoms with Crippen molar-refractivity contribution in [1.82, 2.24) is 15.3 Å². The Hall–Kier alpha value is -1.81. The average molecular weight is 271 g/mol. The van der Waals surface area contributed by atoms with Crippen LogP contribution in [-0.4, -0.2) is 23.1 Å². The molecule has 0 fully saturated rings. The molecule has 0 spiro atoms. The van der Waals surface area contributed by atoms with Crippen LogP contribution in [0.2, 0.25) is 0 Å². The molecule has 1 aromatic carbocycles. The number of benzene rings is 1. The van der Waals surface area contributed by atoms with Crippen molar-refractivity contribution in [2.45, 2.75) is 38.3 Å². The van der Waals surface area contributed by atoms with E-state index in [1.807, 2.05) is 6.20 Å². The van der Waals surface area contributed by atoms with E-state index in [2.05, 4.69) is 40.4 Å². The molecule has 1 heterocycles. The summed E-state index contributed by atoms with van der Waals surface area (Å²) in [5, 5.41) is 3.67. The zero-order chi connectivity index (χ0) is 13.9. The number of aromatic nitrogens is 2. The molecule has 1 aliphatic rings. The fraction of sp³-hybridized carbons (Fsp3) is 0.438. The Kier molecular flexibility index (Phi) is 3.74. The van der Waals surface area contributed by atoms with E-state index in [1.165, 1.54) is 17.5 Å². The molecule has 2 aromatic rings. The van der Waals surface area contributed by atoms with E-state index in [0.29, 0.717) is 6.04 Å². The molecule has 0 saturated heterocycles. The maximum absolute atomic E-state index is 5.32. The van der Waals surface area contributed by atoms with Crippen LogP contribution in [0.15, 0.2) is 30.6 Å². The molecule has 3 rings (SSSR count). The molecule has 2 unspecified atom stereocenters. The average Bonchev–Trinajstić information content (AvgIpc) is 3.00. The van der Waals surface area contributed by atoms with Gasteiger partial charge >= 0.3 is 0 Å². The van der Waals surface area contributed by atoms with Crippen molar-refractivity contribution >= 4 is 0 Å². The highest BCUT2D eigenvalue weighted by Crippen LogP contribution is 2.26. The predicted molar refractivity (Wildman–Crippen MR) is 78.9 cm³/mol. The Morgan fingerprint density at radius 1 is 1.40 bits per heavy atom. The van der Waals surface area contributed by atoms with E-state index >= 15 is 0 Å². The third-order valence-electron chi connectivity index (χ3n) is 4.06. The third kappa shape index (κ3) is 2.70. The maximum Gasteiger partial charge on any atom is 0.122 e. The van der Waals surface area contributed by atoms with Crippen molar-refractivity contribution in [3.63, 3.8) is 0 Å². The van der Waals surface area contributed by atoms with Crippen LogP contribution in [-0.2, 0) is 12.8 Å². The molecule has 0 radical (unpaired) electrons. The molecule has 0 bridgehead atoms. The smallest absolute Gasteiger partial charge is 0.122 e. The first kappa shape index (κ1) is 13.2. The Labute approximate surface area is 119 Å². The van der Waals surface area contributed by atoms with E-state index in [0.717, 1.165) is 24.4 Å². The van der Waals surface area contributed by atoms with E-state index < -0.39 is 0 Å². The highest BCUT2D eigenvalue weighted by Gasteiger charge is 2.21. The fourth-order valence-corrected chi connectivity index (χ4v) is 2.95. The van der Waals surface area contributed by atoms with Crippen LogP contribution < -0.4 is 10.1 Å². The van der Waals surface area contributed by atoms with E-state index in [1.54, 1.807) is 13.3 Å². The predicted octanol–water partition coefficient (Wildman–Crippen LogP) is 2.63. The number of aryl methyl sites for hydroxylation is 1. The van der Waals surface area contributed by atoms with Gasteiger partial charge in [-0.25, -0.2) is 4.98 Å². The molecular formula is C16H21N3O. The zero-order valence-corrected chi connectivity index (χ0v) is 12.0. The second-order valence-corrected chi connectivity index (χ2v) is 5.44. The molecule has 2 N–H and O–H groups in total. The Morgan fingerprint density at radius 3 is 3.05 bits per heavy atom. The van der Waals surface area contributed by atoms with Crippen molar-refractivity contribution in [2.24, 2.45) is 0 Å². The molecule has 106 valence electrons. The lowest BCUT2D eigenvalue weighted by Gasteiger charge is -2.28. The van der Waals surface area contributed by atoms with E-state index in [-0.39, 0.29) is 6.04 Å². The zero-order valence-electron chi connectivity index (χ0n) is 12.0. The summed E-state index contributed by atoms with van der Waals surface area (Å²) in [6, 6.07) is 7.16. The van der Waals surface area contributed by atoms with Crippen LogP contribution in [0.3, 0.4) is 0 Å². The number of imidazole rings is 1. The van der Waals surface area contributed by atoms with Crippen molar-refractivity contribution in [3.8, 4) is 5.75 Å². The van der Waals surface area contributed by atoms with Crippen molar-refractivity contribution in [1.29, 1.82) is 0 Å². The lowest BCUT2D eigenvalue weighted by atomic mass is 9.88. The first-order valence-electron chi connectivity index (χ1n) is 7.17. The Balaban J connectivity index is 1.68. The molecule has 0 aliphatic heterocycles. The van der Waals surface area contributed by atoms with Gasteiger partial charge < -0.3 is 15.0 Å². The van der Waals surface area contributed by atoms with Crippen LogP contribution in [0.1, 0.15) is 36.3 Å². The molecule has 20 heavy (non-hydrogen) atoms. The van der Waals surface area contributed by atoms with Gasteiger partial charge in [-0.3, -0.25) is 0 Å². The number of aromatic amines is 1. The Bertz CT molecular complexity index is 565. The minimum Gasteiger partial charge on any atom is -0.497 e. The van der Waals surface area contributed by atoms with Crippen LogP contribution >= 0.6 is 0 Å². The van der Waals surface area contributed by atoms with Gasteiger partial charge in [0, 0.05) is 18.4 Å². The maximum atomic E-state index is 5.32. The number of hydrogen-bond acceptors (Lipinski definition) is 3. The summed E-state index contributed by atoms with van der Waals surface area (Å²) >= 11 is 0. The first-order valence-corrected chi connectivity index (χ1v) is 7.17. The monoisotopic (exact) mass is 271 g/mol. The van der Waals surface area contributed by atoms with Crippen LogP contribution in [0.25, 0.3) is 0 Å². The summed E-state index contributed by atoms with van der Waals surface area (Å²) in [5.41, 5.74) is 2.86. The van der Waals surface area contributed by atoms with Gasteiger partial charge in [-0.1, -0.05) is 6.07 Å². The number of nitrogens with zero attached hydrogens (tertiary/aromatic N) is 1. The lowest BCUT2D eigenvalue weighted by molar-refractivity contribution is 0.398. The highest BCUT2D eigenvalue weighted by molar-refractivity contribution is 5.37. The summed E-state index contributed by atoms with van der Waals surface area (Å²) < 4.78 is 5.32. The van der Waals surface area contributed by atoms with Crippen LogP contribution in [0, 0.1) is 0 Å². The van der Waals surface area contributed by atoms with Gasteiger partial charge in [-0.15, -0.1) is 0 Å². The third-order valence-corrected chi connectivity index (χ3v) is 4.06. The van der Waals surface area contributed by atoms with Gasteiger partial charge in [-0.2, -0.15) is 0 Å². The molecule has 2 atom stereocenters. The SMILES string of the molecule is COc1ccc2c(c1)CC(NC(C)c1ncc[nH]1)CC2. The molecule has 0 saturated carbocycles. The molecule has 0 amide bonds. The molecule has 1 aromatic heterocycles. The largest absolute Gasteiger partial charge is 0.497 e. The van der Waals surface area contributed by atoms with Crippen LogP contribution in [0.5, 0.6) is 5.75 Å². The van der Waals surface area contributed by atoms with Crippen LogP contribution in [0.4, 0.5) is 0 Å². The van der Waals surface area contributed by atoms with Gasteiger partial charge in [0.05, 0.1) is 13.2 Å². The van der Waals surface area contributed by atoms with E-state index in [9.17, 15) is 0 Å². The van der Waals surface area contributed by atoms with Gasteiger partial charge in [0.15, 0.2) is 0 Å². The molecule has 4 heteroatoms. The number of methoxy groups -OCH3 is 1. The summed E-state index contributed by atoms with van der Waals surface area (Å²) in [7, 11) is 1.72. The number of ether oxygens (including phenoxy) is 1. The van der Waals surface area contributed by atoms with Gasteiger partial charge in [0.25, 0.3) is 0 Å². The van der Waals surface area contributed by atoms with Gasteiger partial charge in [-0.05, 0) is 49.4 Å². The molecule has 4 nitrogen and oxygen atoms in total. The number of fused-ring (bicyclic) bond motifs is 1. The summed E-state index contributed by atoms with van der Waals surface area (Å²) in [6.45, 7) is 2.15. The normalized spacial score (nSPS) is 19.4. The van der Waals surface area contributed by atoms with Crippen molar-refractivity contribution < 1.29 is 4.74 Å². The quantitative estimate of drug-likeness (QED) is 0.898. The topological polar surface area (TPSA) is 49.9 Å². The minimum atomic E-state index is 0.252. The van der Waals surface area contributed by atoms with Crippen molar-refractivity contribution in [3.05, 3.63) is 47.5 Å². The number of rotatable bonds is 4. The van der Waals surface area contributed by atoms with E-state index in [4.69, 9.17) is 4.74 Å². The highest BCUT2D eigenvalue weighted by atomic mass is 16.5. The fourth-order valence-electron chi connectivity index (χ4n) is 2.95. The van der Waals surface area contributed by atoms with Gasteiger partial charge in [0.1, 0.15) is 11.6 Å². The number of hydrogen-bond donors (Lipinski definition) is 2. The second-order valence-electron chi connectivity index (χ2n) is 5.44. The first-order chi connectivity index (χ1) is 9.76. The number of H-pyrrole nitrogens is 1. The minimum absolute atomic E-state index is 0.252.